The van der Waals surface area contributed by atoms with Gasteiger partial charge in [-0.1, -0.05) is 6.07 Å². The van der Waals surface area contributed by atoms with Gasteiger partial charge < -0.3 is 0 Å². The summed E-state index contributed by atoms with van der Waals surface area (Å²) in [5.74, 6) is 0. The maximum atomic E-state index is 10.5. The van der Waals surface area contributed by atoms with Crippen LogP contribution in [-0.2, 0) is 4.79 Å². The van der Waals surface area contributed by atoms with Crippen LogP contribution in [0.2, 0.25) is 0 Å². The molecule has 72 valence electrons. The fourth-order valence-corrected chi connectivity index (χ4v) is 1.65. The van der Waals surface area contributed by atoms with E-state index >= 15 is 0 Å². The Bertz CT molecular complexity index is 438. The molecule has 0 aliphatic heterocycles. The van der Waals surface area contributed by atoms with Gasteiger partial charge in [0.15, 0.2) is 0 Å². The van der Waals surface area contributed by atoms with E-state index in [0.29, 0.717) is 5.56 Å². The number of rotatable bonds is 2. The predicted octanol–water partition coefficient (Wildman–Crippen LogP) is 2.63. The third kappa shape index (κ3) is 1.86. The van der Waals surface area contributed by atoms with Crippen LogP contribution < -0.4 is 0 Å². The number of nitrogens with zero attached hydrogens (tertiary/aromatic N) is 2. The first kappa shape index (κ1) is 10.6. The van der Waals surface area contributed by atoms with E-state index in [1.807, 2.05) is 0 Å². The van der Waals surface area contributed by atoms with Crippen molar-refractivity contribution >= 4 is 33.4 Å². The van der Waals surface area contributed by atoms with Gasteiger partial charge in [-0.05, 0) is 28.4 Å². The lowest BCUT2D eigenvalue weighted by Gasteiger charge is -2.01. The van der Waals surface area contributed by atoms with Crippen LogP contribution in [0, 0.1) is 17.0 Å². The molecule has 1 rings (SSSR count). The van der Waals surface area contributed by atoms with E-state index in [1.54, 1.807) is 6.92 Å². The number of halogens is 1. The molecule has 0 spiro atoms. The van der Waals surface area contributed by atoms with Gasteiger partial charge >= 0.3 is 0 Å². The van der Waals surface area contributed by atoms with E-state index < -0.39 is 4.92 Å². The molecule has 0 aromatic heterocycles. The Hall–Kier alpha value is -1.52. The van der Waals surface area contributed by atoms with Crippen molar-refractivity contribution in [2.45, 2.75) is 6.92 Å². The molecule has 0 radical (unpaired) electrons. The fourth-order valence-electron chi connectivity index (χ4n) is 0.974. The van der Waals surface area contributed by atoms with Crippen molar-refractivity contribution in [2.75, 3.05) is 0 Å². The van der Waals surface area contributed by atoms with Crippen molar-refractivity contribution in [3.8, 4) is 0 Å². The number of aryl methyl sites for hydroxylation is 1. The summed E-state index contributed by atoms with van der Waals surface area (Å²) in [6.45, 7) is 1.70. The molecule has 0 saturated heterocycles. The molecular formula is C8H5BrN2O3. The van der Waals surface area contributed by atoms with E-state index in [0.717, 1.165) is 0 Å². The fraction of sp³-hybridized carbons (Fsp3) is 0.125. The summed E-state index contributed by atoms with van der Waals surface area (Å²) in [6, 6.07) is 2.88. The summed E-state index contributed by atoms with van der Waals surface area (Å²) in [4.78, 5) is 23.4. The minimum atomic E-state index is -0.548. The molecule has 0 heterocycles. The summed E-state index contributed by atoms with van der Waals surface area (Å²) in [6.07, 6.45) is 1.35. The molecule has 14 heavy (non-hydrogen) atoms. The Morgan fingerprint density at radius 1 is 1.57 bits per heavy atom. The monoisotopic (exact) mass is 256 g/mol. The molecule has 0 amide bonds. The third-order valence-corrected chi connectivity index (χ3v) is 2.43. The van der Waals surface area contributed by atoms with Gasteiger partial charge in [-0.25, -0.2) is 4.79 Å². The highest BCUT2D eigenvalue weighted by Crippen LogP contribution is 2.36. The number of benzene rings is 1. The first-order valence-electron chi connectivity index (χ1n) is 3.59. The van der Waals surface area contributed by atoms with Gasteiger partial charge in [-0.2, -0.15) is 4.99 Å². The number of isocyanates is 1. The lowest BCUT2D eigenvalue weighted by atomic mass is 10.2. The summed E-state index contributed by atoms with van der Waals surface area (Å²) >= 11 is 3.02. The van der Waals surface area contributed by atoms with Gasteiger partial charge in [0, 0.05) is 6.07 Å². The minimum Gasteiger partial charge on any atom is -0.258 e. The molecule has 1 aromatic rings. The summed E-state index contributed by atoms with van der Waals surface area (Å²) in [5.41, 5.74) is 0.796. The zero-order valence-electron chi connectivity index (χ0n) is 7.15. The highest BCUT2D eigenvalue weighted by molar-refractivity contribution is 9.10. The molecule has 0 aliphatic rings. The lowest BCUT2D eigenvalue weighted by Crippen LogP contribution is -1.90. The van der Waals surface area contributed by atoms with Gasteiger partial charge in [-0.3, -0.25) is 10.1 Å². The van der Waals surface area contributed by atoms with E-state index in [4.69, 9.17) is 0 Å². The van der Waals surface area contributed by atoms with Crippen LogP contribution in [-0.4, -0.2) is 11.0 Å². The van der Waals surface area contributed by atoms with Gasteiger partial charge in [-0.15, -0.1) is 0 Å². The van der Waals surface area contributed by atoms with Crippen LogP contribution in [0.5, 0.6) is 0 Å². The van der Waals surface area contributed by atoms with Crippen LogP contribution in [0.15, 0.2) is 21.6 Å². The Morgan fingerprint density at radius 2 is 2.21 bits per heavy atom. The average molecular weight is 257 g/mol. The van der Waals surface area contributed by atoms with E-state index in [-0.39, 0.29) is 15.8 Å². The molecule has 0 unspecified atom stereocenters. The SMILES string of the molecule is Cc1ccc([N+](=O)[O-])c(Br)c1N=C=O. The quantitative estimate of drug-likeness (QED) is 0.354. The molecule has 5 nitrogen and oxygen atoms in total. The van der Waals surface area contributed by atoms with Crippen molar-refractivity contribution in [3.05, 3.63) is 32.3 Å². The van der Waals surface area contributed by atoms with Crippen molar-refractivity contribution in [1.29, 1.82) is 0 Å². The first-order chi connectivity index (χ1) is 6.57. The molecule has 0 atom stereocenters. The van der Waals surface area contributed by atoms with Gasteiger partial charge in [0.2, 0.25) is 6.08 Å². The zero-order valence-corrected chi connectivity index (χ0v) is 8.74. The first-order valence-corrected chi connectivity index (χ1v) is 4.38. The Morgan fingerprint density at radius 3 is 2.71 bits per heavy atom. The van der Waals surface area contributed by atoms with Crippen molar-refractivity contribution in [1.82, 2.24) is 0 Å². The minimum absolute atomic E-state index is 0.121. The predicted molar refractivity (Wildman–Crippen MR) is 53.3 cm³/mol. The second-order valence-electron chi connectivity index (χ2n) is 2.52. The summed E-state index contributed by atoms with van der Waals surface area (Å²) < 4.78 is 0.200. The van der Waals surface area contributed by atoms with Gasteiger partial charge in [0.1, 0.15) is 10.2 Å². The van der Waals surface area contributed by atoms with Crippen molar-refractivity contribution < 1.29 is 9.72 Å². The highest BCUT2D eigenvalue weighted by atomic mass is 79.9. The molecule has 0 saturated carbocycles. The molecular weight excluding hydrogens is 252 g/mol. The summed E-state index contributed by atoms with van der Waals surface area (Å²) in [5, 5.41) is 10.5. The molecule has 6 heteroatoms. The second kappa shape index (κ2) is 4.13. The maximum Gasteiger partial charge on any atom is 0.285 e. The highest BCUT2D eigenvalue weighted by Gasteiger charge is 2.16. The second-order valence-corrected chi connectivity index (χ2v) is 3.32. The van der Waals surface area contributed by atoms with Crippen LogP contribution in [0.25, 0.3) is 0 Å². The summed E-state index contributed by atoms with van der Waals surface area (Å²) in [7, 11) is 0. The van der Waals surface area contributed by atoms with Crippen LogP contribution in [0.3, 0.4) is 0 Å². The Kier molecular flexibility index (Phi) is 3.11. The number of carbonyl (C=O) groups excluding carboxylic acids is 1. The number of nitro benzene ring substituents is 1. The number of hydrogen-bond donors (Lipinski definition) is 0. The van der Waals surface area contributed by atoms with E-state index in [9.17, 15) is 14.9 Å². The van der Waals surface area contributed by atoms with Crippen LogP contribution in [0.1, 0.15) is 5.56 Å². The standard InChI is InChI=1S/C8H5BrN2O3/c1-5-2-3-6(11(13)14)7(9)8(5)10-4-12/h2-3H,1H3. The van der Waals surface area contributed by atoms with E-state index in [2.05, 4.69) is 20.9 Å². The molecule has 0 bridgehead atoms. The average Bonchev–Trinajstić information content (AvgIpc) is 2.11. The number of hydrogen-bond acceptors (Lipinski definition) is 4. The third-order valence-electron chi connectivity index (χ3n) is 1.65. The molecule has 1 aromatic carbocycles. The van der Waals surface area contributed by atoms with Crippen molar-refractivity contribution in [2.24, 2.45) is 4.99 Å². The topological polar surface area (TPSA) is 72.6 Å². The van der Waals surface area contributed by atoms with Gasteiger partial charge in [0.05, 0.1) is 4.92 Å². The molecule has 0 fully saturated rings. The van der Waals surface area contributed by atoms with Crippen LogP contribution >= 0.6 is 15.9 Å². The van der Waals surface area contributed by atoms with Gasteiger partial charge in [0.25, 0.3) is 5.69 Å². The number of nitro groups is 1. The molecule has 0 aliphatic carbocycles. The van der Waals surface area contributed by atoms with E-state index in [1.165, 1.54) is 18.2 Å². The lowest BCUT2D eigenvalue weighted by molar-refractivity contribution is -0.385. The van der Waals surface area contributed by atoms with Crippen molar-refractivity contribution in [3.63, 3.8) is 0 Å². The Labute approximate surface area is 87.7 Å². The molecule has 0 N–H and O–H groups in total. The zero-order chi connectivity index (χ0) is 10.7. The van der Waals surface area contributed by atoms with Crippen LogP contribution in [0.4, 0.5) is 11.4 Å². The maximum absolute atomic E-state index is 10.5. The smallest absolute Gasteiger partial charge is 0.258 e. The Balaban J connectivity index is 3.48. The normalized spacial score (nSPS) is 9.29. The number of aliphatic imine (C=N–C) groups is 1. The largest absolute Gasteiger partial charge is 0.285 e.